The van der Waals surface area contributed by atoms with Crippen LogP contribution in [0.2, 0.25) is 0 Å². The maximum Gasteiger partial charge on any atom is 0.137 e. The zero-order valence-corrected chi connectivity index (χ0v) is 6.42. The smallest absolute Gasteiger partial charge is 0.137 e. The summed E-state index contributed by atoms with van der Waals surface area (Å²) in [5.74, 6) is 0.364. The van der Waals surface area contributed by atoms with Gasteiger partial charge in [-0.25, -0.2) is 4.98 Å². The molecule has 0 fully saturated rings. The van der Waals surface area contributed by atoms with Gasteiger partial charge in [-0.3, -0.25) is 5.10 Å². The molecular weight excluding hydrogens is 160 g/mol. The minimum absolute atomic E-state index is 0.364. The Kier molecular flexibility index (Phi) is 2.62. The quantitative estimate of drug-likeness (QED) is 0.390. The van der Waals surface area contributed by atoms with E-state index in [-0.39, 0.29) is 0 Å². The van der Waals surface area contributed by atoms with Crippen molar-refractivity contribution in [2.45, 2.75) is 19.1 Å². The second kappa shape index (κ2) is 3.70. The van der Waals surface area contributed by atoms with Gasteiger partial charge in [0.15, 0.2) is 0 Å². The monoisotopic (exact) mass is 168 g/mol. The molecule has 0 aliphatic carbocycles. The van der Waals surface area contributed by atoms with Crippen LogP contribution < -0.4 is 0 Å². The van der Waals surface area contributed by atoms with Gasteiger partial charge < -0.3 is 5.11 Å². The number of H-pyrrole nitrogens is 1. The Hall–Kier alpha value is -1.59. The summed E-state index contributed by atoms with van der Waals surface area (Å²) in [6.45, 7) is 1.52. The van der Waals surface area contributed by atoms with Gasteiger partial charge in [0.25, 0.3) is 0 Å². The van der Waals surface area contributed by atoms with Crippen LogP contribution in [-0.2, 0) is 0 Å². The van der Waals surface area contributed by atoms with E-state index in [1.165, 1.54) is 13.3 Å². The zero-order valence-electron chi connectivity index (χ0n) is 6.42. The molecule has 0 bridgehead atoms. The van der Waals surface area contributed by atoms with E-state index in [1.807, 2.05) is 0 Å². The van der Waals surface area contributed by atoms with Gasteiger partial charge in [-0.05, 0) is 12.5 Å². The van der Waals surface area contributed by atoms with Crippen molar-refractivity contribution in [3.05, 3.63) is 22.6 Å². The third kappa shape index (κ3) is 1.71. The van der Waals surface area contributed by atoms with E-state index in [2.05, 4.69) is 25.2 Å². The second-order valence-electron chi connectivity index (χ2n) is 2.26. The third-order valence-electron chi connectivity index (χ3n) is 1.35. The molecule has 64 valence electrons. The summed E-state index contributed by atoms with van der Waals surface area (Å²) >= 11 is 0. The topological polar surface area (TPSA) is 111 Å². The first-order chi connectivity index (χ1) is 5.75. The Morgan fingerprint density at radius 1 is 1.83 bits per heavy atom. The molecule has 0 amide bonds. The molecule has 0 aromatic carbocycles. The first kappa shape index (κ1) is 8.51. The molecule has 0 saturated carbocycles. The van der Waals surface area contributed by atoms with Gasteiger partial charge in [0.1, 0.15) is 18.2 Å². The maximum atomic E-state index is 9.16. The molecule has 1 rings (SSSR count). The third-order valence-corrected chi connectivity index (χ3v) is 1.35. The average Bonchev–Trinajstić information content (AvgIpc) is 2.51. The lowest BCUT2D eigenvalue weighted by Gasteiger charge is -2.09. The highest BCUT2D eigenvalue weighted by Gasteiger charge is 2.17. The van der Waals surface area contributed by atoms with Crippen molar-refractivity contribution >= 4 is 0 Å². The number of aliphatic hydroxyl groups excluding tert-OH is 1. The fraction of sp³-hybridized carbons (Fsp3) is 0.600. The van der Waals surface area contributed by atoms with Gasteiger partial charge in [-0.15, -0.1) is 0 Å². The summed E-state index contributed by atoms with van der Waals surface area (Å²) < 4.78 is 0. The lowest BCUT2D eigenvalue weighted by atomic mass is 10.2. The van der Waals surface area contributed by atoms with Crippen LogP contribution in [0.15, 0.2) is 11.4 Å². The van der Waals surface area contributed by atoms with Crippen LogP contribution in [0.25, 0.3) is 10.4 Å². The highest BCUT2D eigenvalue weighted by molar-refractivity contribution is 4.94. The number of rotatable bonds is 3. The van der Waals surface area contributed by atoms with E-state index < -0.39 is 12.1 Å². The van der Waals surface area contributed by atoms with E-state index in [0.29, 0.717) is 5.82 Å². The zero-order chi connectivity index (χ0) is 8.97. The normalized spacial score (nSPS) is 14.8. The predicted octanol–water partition coefficient (Wildman–Crippen LogP) is 0.537. The van der Waals surface area contributed by atoms with Crippen LogP contribution in [0, 0.1) is 0 Å². The number of azide groups is 1. The summed E-state index contributed by atoms with van der Waals surface area (Å²) in [5, 5.41) is 18.6. The van der Waals surface area contributed by atoms with Crippen LogP contribution in [-0.4, -0.2) is 26.4 Å². The molecule has 7 heteroatoms. The molecule has 2 atom stereocenters. The molecule has 0 radical (unpaired) electrons. The molecule has 0 aliphatic rings. The molecule has 1 heterocycles. The molecule has 0 aliphatic heterocycles. The lowest BCUT2D eigenvalue weighted by molar-refractivity contribution is 0.161. The van der Waals surface area contributed by atoms with Gasteiger partial charge in [0, 0.05) is 4.91 Å². The molecule has 12 heavy (non-hydrogen) atoms. The van der Waals surface area contributed by atoms with Crippen molar-refractivity contribution in [3.8, 4) is 0 Å². The number of hydrogen-bond donors (Lipinski definition) is 2. The van der Waals surface area contributed by atoms with Gasteiger partial charge in [0.2, 0.25) is 0 Å². The number of hydrogen-bond acceptors (Lipinski definition) is 4. The molecule has 0 spiro atoms. The number of aliphatic hydroxyl groups is 1. The Bertz CT molecular complexity index is 274. The molecule has 2 N–H and O–H groups in total. The van der Waals surface area contributed by atoms with E-state index in [1.54, 1.807) is 0 Å². The maximum absolute atomic E-state index is 9.16. The van der Waals surface area contributed by atoms with E-state index in [9.17, 15) is 0 Å². The standard InChI is InChI=1S/C5H8N6O/c1-3(12)4(9-11-6)5-7-2-8-10-5/h2-4,12H,1H3,(H,7,8,10). The number of aromatic amines is 1. The van der Waals surface area contributed by atoms with Crippen molar-refractivity contribution in [2.75, 3.05) is 0 Å². The molecule has 2 unspecified atom stereocenters. The number of aromatic nitrogens is 3. The van der Waals surface area contributed by atoms with Crippen LogP contribution in [0.1, 0.15) is 18.8 Å². The number of nitrogens with one attached hydrogen (secondary N) is 1. The van der Waals surface area contributed by atoms with E-state index in [0.717, 1.165) is 0 Å². The second-order valence-corrected chi connectivity index (χ2v) is 2.26. The first-order valence-corrected chi connectivity index (χ1v) is 3.33. The highest BCUT2D eigenvalue weighted by atomic mass is 16.3. The van der Waals surface area contributed by atoms with Gasteiger partial charge in [-0.1, -0.05) is 5.11 Å². The highest BCUT2D eigenvalue weighted by Crippen LogP contribution is 2.16. The average molecular weight is 168 g/mol. The SMILES string of the molecule is CC(O)C(N=[N+]=[N-])c1ncn[nH]1. The summed E-state index contributed by atoms with van der Waals surface area (Å²) in [6, 6.07) is -0.697. The molecule has 0 saturated heterocycles. The first-order valence-electron chi connectivity index (χ1n) is 3.33. The minimum atomic E-state index is -0.783. The lowest BCUT2D eigenvalue weighted by Crippen LogP contribution is -2.13. The fourth-order valence-electron chi connectivity index (χ4n) is 0.793. The Balaban J connectivity index is 2.87. The fourth-order valence-corrected chi connectivity index (χ4v) is 0.793. The van der Waals surface area contributed by atoms with E-state index in [4.69, 9.17) is 10.6 Å². The minimum Gasteiger partial charge on any atom is -0.393 e. The van der Waals surface area contributed by atoms with Crippen molar-refractivity contribution in [1.29, 1.82) is 0 Å². The van der Waals surface area contributed by atoms with Gasteiger partial charge >= 0.3 is 0 Å². The molecule has 1 aromatic rings. The van der Waals surface area contributed by atoms with Crippen molar-refractivity contribution < 1.29 is 5.11 Å². The van der Waals surface area contributed by atoms with Gasteiger partial charge in [0.05, 0.1) is 6.10 Å². The molecule has 1 aromatic heterocycles. The predicted molar refractivity (Wildman–Crippen MR) is 40.0 cm³/mol. The molecule has 7 nitrogen and oxygen atoms in total. The van der Waals surface area contributed by atoms with Crippen LogP contribution in [0.5, 0.6) is 0 Å². The summed E-state index contributed by atoms with van der Waals surface area (Å²) in [7, 11) is 0. The molecular formula is C5H8N6O. The Morgan fingerprint density at radius 3 is 3.00 bits per heavy atom. The summed E-state index contributed by atoms with van der Waals surface area (Å²) in [5.41, 5.74) is 8.17. The summed E-state index contributed by atoms with van der Waals surface area (Å²) in [6.07, 6.45) is 0.506. The van der Waals surface area contributed by atoms with E-state index >= 15 is 0 Å². The van der Waals surface area contributed by atoms with Crippen LogP contribution in [0.3, 0.4) is 0 Å². The largest absolute Gasteiger partial charge is 0.393 e. The Morgan fingerprint density at radius 2 is 2.58 bits per heavy atom. The summed E-state index contributed by atoms with van der Waals surface area (Å²) in [4.78, 5) is 6.36. The van der Waals surface area contributed by atoms with Crippen LogP contribution in [0.4, 0.5) is 0 Å². The van der Waals surface area contributed by atoms with Crippen LogP contribution >= 0.6 is 0 Å². The van der Waals surface area contributed by atoms with Crippen molar-refractivity contribution in [3.63, 3.8) is 0 Å². The van der Waals surface area contributed by atoms with Gasteiger partial charge in [-0.2, -0.15) is 5.10 Å². The van der Waals surface area contributed by atoms with Crippen molar-refractivity contribution in [2.24, 2.45) is 5.11 Å². The Labute approximate surface area is 68.1 Å². The van der Waals surface area contributed by atoms with Crippen molar-refractivity contribution in [1.82, 2.24) is 15.2 Å². The number of nitrogens with zero attached hydrogens (tertiary/aromatic N) is 5.